The summed E-state index contributed by atoms with van der Waals surface area (Å²) in [7, 11) is 0. The van der Waals surface area contributed by atoms with Gasteiger partial charge in [-0.15, -0.1) is 0 Å². The standard InChI is InChI=1S/C17H28FN3O3/c1-3-20(4-2)9-10-21(11-13-24-14-12-22)17(23)19-16-8-6-5-7-15(16)18/h5-8,22H,3-4,9-14H2,1-2H3,(H,19,23). The highest BCUT2D eigenvalue weighted by molar-refractivity contribution is 5.89. The minimum absolute atomic E-state index is 0.0547. The number of rotatable bonds is 11. The number of carbonyl (C=O) groups excluding carboxylic acids is 1. The minimum atomic E-state index is -0.467. The fourth-order valence-electron chi connectivity index (χ4n) is 2.22. The van der Waals surface area contributed by atoms with Crippen molar-refractivity contribution in [3.05, 3.63) is 30.1 Å². The first-order chi connectivity index (χ1) is 11.6. The summed E-state index contributed by atoms with van der Waals surface area (Å²) in [5, 5.41) is 11.3. The molecule has 2 amide bonds. The van der Waals surface area contributed by atoms with E-state index in [1.165, 1.54) is 12.1 Å². The molecule has 0 fully saturated rings. The molecule has 7 heteroatoms. The second kappa shape index (κ2) is 11.8. The van der Waals surface area contributed by atoms with Crippen molar-refractivity contribution in [3.8, 4) is 0 Å². The van der Waals surface area contributed by atoms with E-state index in [1.807, 2.05) is 0 Å². The zero-order valence-corrected chi connectivity index (χ0v) is 14.5. The van der Waals surface area contributed by atoms with E-state index in [0.717, 1.165) is 19.6 Å². The number of aliphatic hydroxyl groups is 1. The molecule has 0 aliphatic carbocycles. The highest BCUT2D eigenvalue weighted by Crippen LogP contribution is 2.13. The Kier molecular flexibility index (Phi) is 9.98. The minimum Gasteiger partial charge on any atom is -0.394 e. The van der Waals surface area contributed by atoms with Crippen LogP contribution in [-0.4, -0.2) is 73.5 Å². The summed E-state index contributed by atoms with van der Waals surface area (Å²) in [5.41, 5.74) is 0.159. The molecule has 0 aromatic heterocycles. The van der Waals surface area contributed by atoms with E-state index in [-0.39, 0.29) is 24.9 Å². The molecule has 0 heterocycles. The predicted molar refractivity (Wildman–Crippen MR) is 92.7 cm³/mol. The number of ether oxygens (including phenoxy) is 1. The van der Waals surface area contributed by atoms with Gasteiger partial charge in [0, 0.05) is 19.6 Å². The van der Waals surface area contributed by atoms with Crippen LogP contribution in [0, 0.1) is 5.82 Å². The van der Waals surface area contributed by atoms with Gasteiger partial charge in [0.2, 0.25) is 0 Å². The lowest BCUT2D eigenvalue weighted by atomic mass is 10.3. The maximum Gasteiger partial charge on any atom is 0.322 e. The first kappa shape index (κ1) is 20.3. The van der Waals surface area contributed by atoms with Crippen molar-refractivity contribution in [2.75, 3.05) is 57.9 Å². The molecule has 1 aromatic carbocycles. The van der Waals surface area contributed by atoms with E-state index in [4.69, 9.17) is 9.84 Å². The number of hydrogen-bond acceptors (Lipinski definition) is 4. The molecule has 1 aromatic rings. The largest absolute Gasteiger partial charge is 0.394 e. The Morgan fingerprint density at radius 1 is 1.17 bits per heavy atom. The van der Waals surface area contributed by atoms with Crippen molar-refractivity contribution in [2.45, 2.75) is 13.8 Å². The van der Waals surface area contributed by atoms with Crippen molar-refractivity contribution < 1.29 is 19.0 Å². The van der Waals surface area contributed by atoms with Gasteiger partial charge in [0.15, 0.2) is 0 Å². The zero-order chi connectivity index (χ0) is 17.8. The summed E-state index contributed by atoms with van der Waals surface area (Å²) in [6, 6.07) is 5.72. The number of hydrogen-bond donors (Lipinski definition) is 2. The first-order valence-electron chi connectivity index (χ1n) is 8.33. The number of nitrogens with one attached hydrogen (secondary N) is 1. The third-order valence-electron chi connectivity index (χ3n) is 3.72. The monoisotopic (exact) mass is 341 g/mol. The quantitative estimate of drug-likeness (QED) is 0.604. The van der Waals surface area contributed by atoms with E-state index in [2.05, 4.69) is 24.1 Å². The molecule has 24 heavy (non-hydrogen) atoms. The Morgan fingerprint density at radius 2 is 1.88 bits per heavy atom. The number of benzene rings is 1. The Balaban J connectivity index is 2.63. The van der Waals surface area contributed by atoms with Crippen molar-refractivity contribution in [1.29, 1.82) is 0 Å². The van der Waals surface area contributed by atoms with Crippen LogP contribution in [0.3, 0.4) is 0 Å². The molecule has 136 valence electrons. The number of likely N-dealkylation sites (N-methyl/N-ethyl adjacent to an activating group) is 1. The lowest BCUT2D eigenvalue weighted by molar-refractivity contribution is 0.0784. The summed E-state index contributed by atoms with van der Waals surface area (Å²) in [4.78, 5) is 16.2. The molecule has 1 rings (SSSR count). The molecule has 6 nitrogen and oxygen atoms in total. The number of carbonyl (C=O) groups is 1. The molecular weight excluding hydrogens is 313 g/mol. The Morgan fingerprint density at radius 3 is 2.50 bits per heavy atom. The van der Waals surface area contributed by atoms with Gasteiger partial charge in [-0.1, -0.05) is 26.0 Å². The maximum absolute atomic E-state index is 13.7. The van der Waals surface area contributed by atoms with E-state index in [1.54, 1.807) is 17.0 Å². The summed E-state index contributed by atoms with van der Waals surface area (Å²) in [6.07, 6.45) is 0. The third kappa shape index (κ3) is 7.25. The molecule has 0 atom stereocenters. The number of amides is 2. The number of para-hydroxylation sites is 1. The predicted octanol–water partition coefficient (Wildman–Crippen LogP) is 2.01. The van der Waals surface area contributed by atoms with E-state index in [0.29, 0.717) is 19.7 Å². The number of aliphatic hydroxyl groups excluding tert-OH is 1. The smallest absolute Gasteiger partial charge is 0.322 e. The molecule has 0 bridgehead atoms. The van der Waals surface area contributed by atoms with Gasteiger partial charge in [-0.25, -0.2) is 9.18 Å². The van der Waals surface area contributed by atoms with E-state index < -0.39 is 5.82 Å². The van der Waals surface area contributed by atoms with Crippen LogP contribution in [0.4, 0.5) is 14.9 Å². The second-order valence-electron chi connectivity index (χ2n) is 5.26. The number of halogens is 1. The van der Waals surface area contributed by atoms with Crippen LogP contribution in [0.2, 0.25) is 0 Å². The molecule has 0 unspecified atom stereocenters. The topological polar surface area (TPSA) is 65.0 Å². The molecule has 0 aliphatic rings. The maximum atomic E-state index is 13.7. The van der Waals surface area contributed by atoms with Gasteiger partial charge in [-0.3, -0.25) is 0 Å². The molecular formula is C17H28FN3O3. The summed E-state index contributed by atoms with van der Waals surface area (Å²) in [6.45, 7) is 8.07. The molecule has 0 aliphatic heterocycles. The van der Waals surface area contributed by atoms with Crippen LogP contribution in [0.15, 0.2) is 24.3 Å². The van der Waals surface area contributed by atoms with Gasteiger partial charge >= 0.3 is 6.03 Å². The number of anilines is 1. The summed E-state index contributed by atoms with van der Waals surface area (Å²) >= 11 is 0. The van der Waals surface area contributed by atoms with Crippen molar-refractivity contribution >= 4 is 11.7 Å². The molecule has 2 N–H and O–H groups in total. The van der Waals surface area contributed by atoms with Gasteiger partial charge in [-0.2, -0.15) is 0 Å². The third-order valence-corrected chi connectivity index (χ3v) is 3.72. The lowest BCUT2D eigenvalue weighted by Crippen LogP contribution is -2.42. The summed E-state index contributed by atoms with van der Waals surface area (Å²) in [5.74, 6) is -0.467. The Bertz CT molecular complexity index is 484. The Labute approximate surface area is 143 Å². The fraction of sp³-hybridized carbons (Fsp3) is 0.588. The van der Waals surface area contributed by atoms with Crippen LogP contribution in [0.1, 0.15) is 13.8 Å². The zero-order valence-electron chi connectivity index (χ0n) is 14.5. The lowest BCUT2D eigenvalue weighted by Gasteiger charge is -2.26. The van der Waals surface area contributed by atoms with Gasteiger partial charge in [0.1, 0.15) is 5.82 Å². The van der Waals surface area contributed by atoms with Crippen molar-refractivity contribution in [3.63, 3.8) is 0 Å². The highest BCUT2D eigenvalue weighted by Gasteiger charge is 2.16. The van der Waals surface area contributed by atoms with Gasteiger partial charge < -0.3 is 25.0 Å². The second-order valence-corrected chi connectivity index (χ2v) is 5.26. The molecule has 0 spiro atoms. The average molecular weight is 341 g/mol. The molecule has 0 saturated carbocycles. The first-order valence-corrected chi connectivity index (χ1v) is 8.33. The van der Waals surface area contributed by atoms with Crippen molar-refractivity contribution in [2.24, 2.45) is 0 Å². The molecule has 0 radical (unpaired) electrons. The SMILES string of the molecule is CCN(CC)CCN(CCOCCO)C(=O)Nc1ccccc1F. The Hall–Kier alpha value is -1.70. The van der Waals surface area contributed by atoms with Gasteiger partial charge in [-0.05, 0) is 25.2 Å². The summed E-state index contributed by atoms with van der Waals surface area (Å²) < 4.78 is 18.9. The van der Waals surface area contributed by atoms with Gasteiger partial charge in [0.25, 0.3) is 0 Å². The number of urea groups is 1. The van der Waals surface area contributed by atoms with Crippen LogP contribution in [0.5, 0.6) is 0 Å². The molecule has 0 saturated heterocycles. The van der Waals surface area contributed by atoms with Crippen LogP contribution in [-0.2, 0) is 4.74 Å². The van der Waals surface area contributed by atoms with E-state index >= 15 is 0 Å². The average Bonchev–Trinajstić information content (AvgIpc) is 2.59. The van der Waals surface area contributed by atoms with Gasteiger partial charge in [0.05, 0.1) is 25.5 Å². The highest BCUT2D eigenvalue weighted by atomic mass is 19.1. The van der Waals surface area contributed by atoms with Crippen LogP contribution >= 0.6 is 0 Å². The normalized spacial score (nSPS) is 10.9. The van der Waals surface area contributed by atoms with Crippen molar-refractivity contribution in [1.82, 2.24) is 9.80 Å². The number of nitrogens with zero attached hydrogens (tertiary/aromatic N) is 2. The van der Waals surface area contributed by atoms with E-state index in [9.17, 15) is 9.18 Å². The van der Waals surface area contributed by atoms with Crippen LogP contribution in [0.25, 0.3) is 0 Å². The van der Waals surface area contributed by atoms with Crippen LogP contribution < -0.4 is 5.32 Å². The fourth-order valence-corrected chi connectivity index (χ4v) is 2.22.